The number of fused-ring (bicyclic) bond motifs is 2. The number of rotatable bonds is 5. The summed E-state index contributed by atoms with van der Waals surface area (Å²) in [6.45, 7) is 10.3. The molecule has 0 unspecified atom stereocenters. The Morgan fingerprint density at radius 2 is 1.67 bits per heavy atom. The number of carbonyl (C=O) groups excluding carboxylic acids is 6. The zero-order chi connectivity index (χ0) is 37.4. The molecule has 0 saturated carbocycles. The van der Waals surface area contributed by atoms with Gasteiger partial charge in [-0.2, -0.15) is 5.10 Å². The van der Waals surface area contributed by atoms with Crippen molar-refractivity contribution in [3.05, 3.63) is 69.4 Å². The molecule has 15 nitrogen and oxygen atoms in total. The smallest absolute Gasteiger partial charge is 0.272 e. The first-order chi connectivity index (χ1) is 24.2. The molecule has 4 rings (SSSR count). The van der Waals surface area contributed by atoms with Gasteiger partial charge in [-0.15, -0.1) is 11.3 Å². The van der Waals surface area contributed by atoms with Gasteiger partial charge in [-0.25, -0.2) is 4.98 Å². The highest BCUT2D eigenvalue weighted by atomic mass is 32.1. The molecule has 4 atom stereocenters. The van der Waals surface area contributed by atoms with Crippen LogP contribution in [0.15, 0.2) is 41.8 Å². The number of thiazole rings is 1. The van der Waals surface area contributed by atoms with Crippen molar-refractivity contribution in [2.24, 2.45) is 5.92 Å². The topological polar surface area (TPSA) is 188 Å². The van der Waals surface area contributed by atoms with Crippen LogP contribution >= 0.6 is 11.3 Å². The Kier molecular flexibility index (Phi) is 13.0. The van der Waals surface area contributed by atoms with Gasteiger partial charge < -0.3 is 31.1 Å². The lowest BCUT2D eigenvalue weighted by Gasteiger charge is -2.29. The van der Waals surface area contributed by atoms with Crippen molar-refractivity contribution in [1.82, 2.24) is 45.8 Å². The van der Waals surface area contributed by atoms with Gasteiger partial charge in [-0.05, 0) is 51.7 Å². The normalized spacial score (nSPS) is 21.8. The van der Waals surface area contributed by atoms with Gasteiger partial charge in [0.1, 0.15) is 34.5 Å². The van der Waals surface area contributed by atoms with Crippen molar-refractivity contribution < 1.29 is 28.8 Å². The largest absolute Gasteiger partial charge is 0.345 e. The maximum absolute atomic E-state index is 14.0. The number of aromatic nitrogens is 3. The summed E-state index contributed by atoms with van der Waals surface area (Å²) in [7, 11) is 1.55. The molecule has 0 spiro atoms. The van der Waals surface area contributed by atoms with E-state index in [1.165, 1.54) is 35.0 Å². The molecular weight excluding hydrogens is 675 g/mol. The minimum atomic E-state index is -1.02. The lowest BCUT2D eigenvalue weighted by Crippen LogP contribution is -2.57. The number of nitrogens with one attached hydrogen (secondary N) is 4. The fourth-order valence-electron chi connectivity index (χ4n) is 5.61. The molecule has 3 aromatic rings. The molecule has 3 heterocycles. The second-order valence-electron chi connectivity index (χ2n) is 13.0. The molecule has 2 bridgehead atoms. The Bertz CT molecular complexity index is 1740. The Balaban J connectivity index is 1.71. The van der Waals surface area contributed by atoms with Gasteiger partial charge >= 0.3 is 0 Å². The second kappa shape index (κ2) is 17.2. The summed E-state index contributed by atoms with van der Waals surface area (Å²) < 4.78 is 1.56. The van der Waals surface area contributed by atoms with Crippen LogP contribution in [0.3, 0.4) is 0 Å². The standard InChI is InChI=1S/C35H47N9O6S/c1-8-44-27(16-21(4)41-44)35(50)43-15-14-42(7)34(49)23(6)37-32(48)29(20(2)3)40-30(46)22(5)36-31(47)26-19-51-33(39-26)25(38-28(45)18-43)17-24-12-10-9-11-13-24/h9-13,16,19-20,22-23,25,29H,8,14-15,17-18H2,1-7H3,(H,36,47)(H,37,48)(H,38,45)(H,40,46)/t22-,23+,25-,29-/m0/s1. The van der Waals surface area contributed by atoms with Gasteiger partial charge in [0.2, 0.25) is 23.6 Å². The average Bonchev–Trinajstić information content (AvgIpc) is 3.74. The lowest BCUT2D eigenvalue weighted by molar-refractivity contribution is -0.136. The van der Waals surface area contributed by atoms with Crippen LogP contribution in [0.5, 0.6) is 0 Å². The number of nitrogens with zero attached hydrogens (tertiary/aromatic N) is 5. The summed E-state index contributed by atoms with van der Waals surface area (Å²) in [5.74, 6) is -3.46. The van der Waals surface area contributed by atoms with E-state index in [1.54, 1.807) is 43.9 Å². The van der Waals surface area contributed by atoms with E-state index in [4.69, 9.17) is 0 Å². The summed E-state index contributed by atoms with van der Waals surface area (Å²) in [4.78, 5) is 88.1. The molecule has 1 aromatic carbocycles. The minimum absolute atomic E-state index is 0.00338. The summed E-state index contributed by atoms with van der Waals surface area (Å²) >= 11 is 1.18. The zero-order valence-corrected chi connectivity index (χ0v) is 30.9. The minimum Gasteiger partial charge on any atom is -0.345 e. The van der Waals surface area contributed by atoms with Crippen LogP contribution in [-0.4, -0.2) is 105 Å². The first-order valence-electron chi connectivity index (χ1n) is 17.0. The van der Waals surface area contributed by atoms with Gasteiger partial charge in [-0.3, -0.25) is 33.4 Å². The van der Waals surface area contributed by atoms with Crippen molar-refractivity contribution >= 4 is 46.8 Å². The molecule has 1 aliphatic heterocycles. The summed E-state index contributed by atoms with van der Waals surface area (Å²) in [6.07, 6.45) is 0.350. The van der Waals surface area contributed by atoms with Crippen molar-refractivity contribution in [3.8, 4) is 0 Å². The van der Waals surface area contributed by atoms with Gasteiger partial charge in [0, 0.05) is 32.1 Å². The van der Waals surface area contributed by atoms with Crippen molar-refractivity contribution in [2.75, 3.05) is 26.7 Å². The summed E-state index contributed by atoms with van der Waals surface area (Å²) in [6, 6.07) is 7.47. The van der Waals surface area contributed by atoms with Gasteiger partial charge in [-0.1, -0.05) is 44.2 Å². The Morgan fingerprint density at radius 1 is 0.961 bits per heavy atom. The Morgan fingerprint density at radius 3 is 2.33 bits per heavy atom. The van der Waals surface area contributed by atoms with E-state index in [2.05, 4.69) is 31.3 Å². The van der Waals surface area contributed by atoms with E-state index in [0.29, 0.717) is 29.4 Å². The zero-order valence-electron chi connectivity index (χ0n) is 30.1. The van der Waals surface area contributed by atoms with Gasteiger partial charge in [0.05, 0.1) is 18.3 Å². The quantitative estimate of drug-likeness (QED) is 0.305. The molecule has 16 heteroatoms. The highest BCUT2D eigenvalue weighted by Gasteiger charge is 2.31. The molecule has 1 aliphatic rings. The first kappa shape index (κ1) is 38.7. The predicted octanol–water partition coefficient (Wildman–Crippen LogP) is 1.45. The number of benzene rings is 1. The van der Waals surface area contributed by atoms with Crippen LogP contribution in [0, 0.1) is 12.8 Å². The lowest BCUT2D eigenvalue weighted by atomic mass is 10.0. The third-order valence-electron chi connectivity index (χ3n) is 8.51. The Labute approximate surface area is 301 Å². The van der Waals surface area contributed by atoms with Crippen molar-refractivity contribution in [1.29, 1.82) is 0 Å². The fourth-order valence-corrected chi connectivity index (χ4v) is 6.46. The summed E-state index contributed by atoms with van der Waals surface area (Å²) in [5.41, 5.74) is 1.91. The predicted molar refractivity (Wildman–Crippen MR) is 191 cm³/mol. The molecule has 0 saturated heterocycles. The molecule has 6 amide bonds. The van der Waals surface area contributed by atoms with E-state index < -0.39 is 59.6 Å². The third kappa shape index (κ3) is 9.99. The molecule has 274 valence electrons. The van der Waals surface area contributed by atoms with Gasteiger partial charge in [0.25, 0.3) is 11.8 Å². The number of hydrogen-bond donors (Lipinski definition) is 4. The van der Waals surface area contributed by atoms with E-state index in [1.807, 2.05) is 37.3 Å². The molecule has 51 heavy (non-hydrogen) atoms. The van der Waals surface area contributed by atoms with Crippen LogP contribution in [0.1, 0.15) is 77.9 Å². The van der Waals surface area contributed by atoms with Crippen LogP contribution in [0.4, 0.5) is 0 Å². The van der Waals surface area contributed by atoms with Crippen molar-refractivity contribution in [3.63, 3.8) is 0 Å². The van der Waals surface area contributed by atoms with E-state index in [0.717, 1.165) is 5.56 Å². The Hall–Kier alpha value is -5.12. The molecule has 0 radical (unpaired) electrons. The third-order valence-corrected chi connectivity index (χ3v) is 9.47. The van der Waals surface area contributed by atoms with Crippen molar-refractivity contribution in [2.45, 2.75) is 78.7 Å². The van der Waals surface area contributed by atoms with Crippen LogP contribution < -0.4 is 21.3 Å². The van der Waals surface area contributed by atoms with E-state index in [-0.39, 0.29) is 31.2 Å². The molecule has 0 aliphatic carbocycles. The number of aryl methyl sites for hydroxylation is 2. The highest BCUT2D eigenvalue weighted by Crippen LogP contribution is 2.23. The van der Waals surface area contributed by atoms with Crippen LogP contribution in [0.2, 0.25) is 0 Å². The number of amides is 6. The van der Waals surface area contributed by atoms with Gasteiger partial charge in [0.15, 0.2) is 0 Å². The number of carbonyl (C=O) groups is 6. The fraction of sp³-hybridized carbons (Fsp3) is 0.486. The van der Waals surface area contributed by atoms with E-state index >= 15 is 0 Å². The second-order valence-corrected chi connectivity index (χ2v) is 13.9. The molecular formula is C35H47N9O6S. The average molecular weight is 722 g/mol. The van der Waals surface area contributed by atoms with Crippen LogP contribution in [0.25, 0.3) is 0 Å². The number of hydrogen-bond acceptors (Lipinski definition) is 9. The summed E-state index contributed by atoms with van der Waals surface area (Å²) in [5, 5.41) is 17.4. The number of likely N-dealkylation sites (N-methyl/N-ethyl adjacent to an activating group) is 1. The highest BCUT2D eigenvalue weighted by molar-refractivity contribution is 7.09. The maximum Gasteiger partial charge on any atom is 0.272 e. The maximum atomic E-state index is 14.0. The first-order valence-corrected chi connectivity index (χ1v) is 17.8. The molecule has 4 N–H and O–H groups in total. The van der Waals surface area contributed by atoms with Crippen LogP contribution in [-0.2, 0) is 32.1 Å². The SMILES string of the molecule is CCn1nc(C)cc1C(=O)N1CCN(C)C(=O)[C@@H](C)NC(=O)[C@H](C(C)C)NC(=O)[C@H](C)NC(=O)c2csc(n2)[C@H](Cc2ccccc2)NC(=O)C1. The van der Waals surface area contributed by atoms with E-state index in [9.17, 15) is 28.8 Å². The monoisotopic (exact) mass is 721 g/mol. The molecule has 0 fully saturated rings. The molecule has 2 aromatic heterocycles.